The number of aromatic nitrogens is 2. The maximum absolute atomic E-state index is 13.4. The van der Waals surface area contributed by atoms with Crippen LogP contribution in [0.3, 0.4) is 0 Å². The Morgan fingerprint density at radius 3 is 2.61 bits per heavy atom. The highest BCUT2D eigenvalue weighted by Crippen LogP contribution is 2.29. The molecule has 4 nitrogen and oxygen atoms in total. The summed E-state index contributed by atoms with van der Waals surface area (Å²) in [5.74, 6) is -0.256. The van der Waals surface area contributed by atoms with Crippen molar-refractivity contribution in [2.45, 2.75) is 31.4 Å². The van der Waals surface area contributed by atoms with Gasteiger partial charge in [-0.05, 0) is 48.2 Å². The zero-order valence-corrected chi connectivity index (χ0v) is 16.3. The normalized spacial score (nSPS) is 17.0. The van der Waals surface area contributed by atoms with E-state index in [1.54, 1.807) is 6.07 Å². The van der Waals surface area contributed by atoms with E-state index in [1.165, 1.54) is 12.1 Å². The Hall–Kier alpha value is -2.21. The number of hydrogen-bond donors (Lipinski definition) is 2. The molecule has 1 aliphatic rings. The number of rotatable bonds is 5. The second kappa shape index (κ2) is 8.03. The molecule has 2 aromatic carbocycles. The lowest BCUT2D eigenvalue weighted by Crippen LogP contribution is -2.45. The molecule has 2 N–H and O–H groups in total. The van der Waals surface area contributed by atoms with Crippen molar-refractivity contribution in [2.24, 2.45) is 0 Å². The lowest BCUT2D eigenvalue weighted by molar-refractivity contribution is -0.0224. The third-order valence-electron chi connectivity index (χ3n) is 5.45. The minimum absolute atomic E-state index is 0.256. The van der Waals surface area contributed by atoms with Crippen LogP contribution in [0.5, 0.6) is 0 Å². The molecule has 0 spiro atoms. The quantitative estimate of drug-likeness (QED) is 0.667. The molecular formula is C22H23ClFN3O. The molecule has 1 aliphatic heterocycles. The summed E-state index contributed by atoms with van der Waals surface area (Å²) in [6, 6.07) is 14.2. The number of nitrogens with one attached hydrogen (secondary N) is 1. The molecule has 0 atom stereocenters. The lowest BCUT2D eigenvalue weighted by atomic mass is 9.85. The van der Waals surface area contributed by atoms with E-state index in [0.717, 1.165) is 42.0 Å². The molecule has 146 valence electrons. The second-order valence-electron chi connectivity index (χ2n) is 7.58. The average Bonchev–Trinajstić information content (AvgIpc) is 3.12. The average molecular weight is 400 g/mol. The van der Waals surface area contributed by atoms with Gasteiger partial charge in [0.2, 0.25) is 0 Å². The monoisotopic (exact) mass is 399 g/mol. The van der Waals surface area contributed by atoms with Crippen molar-refractivity contribution in [1.82, 2.24) is 15.1 Å². The molecule has 0 bridgehead atoms. The van der Waals surface area contributed by atoms with Gasteiger partial charge in [0.1, 0.15) is 5.82 Å². The minimum Gasteiger partial charge on any atom is -0.389 e. The number of hydrogen-bond acceptors (Lipinski definition) is 3. The van der Waals surface area contributed by atoms with Crippen molar-refractivity contribution in [3.05, 3.63) is 76.7 Å². The van der Waals surface area contributed by atoms with Gasteiger partial charge < -0.3 is 5.11 Å². The molecule has 2 heterocycles. The van der Waals surface area contributed by atoms with Crippen LogP contribution in [-0.2, 0) is 13.0 Å². The highest BCUT2D eigenvalue weighted by atomic mass is 35.5. The van der Waals surface area contributed by atoms with Gasteiger partial charge in [-0.25, -0.2) is 4.39 Å². The highest BCUT2D eigenvalue weighted by molar-refractivity contribution is 6.30. The minimum atomic E-state index is -0.778. The van der Waals surface area contributed by atoms with Gasteiger partial charge in [0.15, 0.2) is 0 Å². The number of halogens is 2. The summed E-state index contributed by atoms with van der Waals surface area (Å²) >= 11 is 5.98. The van der Waals surface area contributed by atoms with E-state index in [4.69, 9.17) is 11.6 Å². The second-order valence-corrected chi connectivity index (χ2v) is 8.02. The fraction of sp³-hybridized carbons (Fsp3) is 0.318. The molecule has 28 heavy (non-hydrogen) atoms. The maximum Gasteiger partial charge on any atom is 0.123 e. The van der Waals surface area contributed by atoms with Gasteiger partial charge in [-0.15, -0.1) is 0 Å². The predicted molar refractivity (Wildman–Crippen MR) is 109 cm³/mol. The van der Waals surface area contributed by atoms with Gasteiger partial charge >= 0.3 is 0 Å². The van der Waals surface area contributed by atoms with E-state index in [1.807, 2.05) is 36.5 Å². The van der Waals surface area contributed by atoms with Gasteiger partial charge in [-0.1, -0.05) is 35.9 Å². The van der Waals surface area contributed by atoms with Crippen molar-refractivity contribution in [3.8, 4) is 11.3 Å². The largest absolute Gasteiger partial charge is 0.389 e. The van der Waals surface area contributed by atoms with Crippen molar-refractivity contribution in [1.29, 1.82) is 0 Å². The topological polar surface area (TPSA) is 52.1 Å². The summed E-state index contributed by atoms with van der Waals surface area (Å²) in [4.78, 5) is 2.32. The number of aromatic amines is 1. The van der Waals surface area contributed by atoms with Crippen LogP contribution in [0.4, 0.5) is 4.39 Å². The van der Waals surface area contributed by atoms with Crippen LogP contribution in [0, 0.1) is 5.82 Å². The van der Waals surface area contributed by atoms with Crippen molar-refractivity contribution >= 4 is 11.6 Å². The molecule has 1 saturated heterocycles. The standard InChI is InChI=1S/C22H23ClFN3O/c23-19-6-4-17(5-7-19)21-18(14-25-26-21)15-27-10-8-22(28,9-11-27)13-16-2-1-3-20(24)12-16/h1-7,12,14,28H,8-11,13,15H2,(H,25,26). The van der Waals surface area contributed by atoms with E-state index in [2.05, 4.69) is 15.1 Å². The van der Waals surface area contributed by atoms with Crippen LogP contribution in [0.1, 0.15) is 24.0 Å². The van der Waals surface area contributed by atoms with Gasteiger partial charge in [-0.2, -0.15) is 5.10 Å². The molecule has 3 aromatic rings. The summed E-state index contributed by atoms with van der Waals surface area (Å²) in [6.07, 6.45) is 3.67. The van der Waals surface area contributed by atoms with Crippen LogP contribution < -0.4 is 0 Å². The number of piperidine rings is 1. The number of nitrogens with zero attached hydrogens (tertiary/aromatic N) is 2. The zero-order valence-electron chi connectivity index (χ0n) is 15.5. The molecule has 6 heteroatoms. The number of benzene rings is 2. The van der Waals surface area contributed by atoms with Crippen molar-refractivity contribution in [2.75, 3.05) is 13.1 Å². The maximum atomic E-state index is 13.4. The summed E-state index contributed by atoms with van der Waals surface area (Å²) in [6.45, 7) is 2.35. The summed E-state index contributed by atoms with van der Waals surface area (Å²) in [7, 11) is 0. The summed E-state index contributed by atoms with van der Waals surface area (Å²) in [5, 5.41) is 18.9. The fourth-order valence-electron chi connectivity index (χ4n) is 3.87. The van der Waals surface area contributed by atoms with E-state index < -0.39 is 5.60 Å². The number of likely N-dealkylation sites (tertiary alicyclic amines) is 1. The van der Waals surface area contributed by atoms with Crippen molar-refractivity contribution in [3.63, 3.8) is 0 Å². The molecule has 1 aromatic heterocycles. The Labute approximate surface area is 169 Å². The van der Waals surface area contributed by atoms with Gasteiger partial charge in [0.05, 0.1) is 17.5 Å². The molecule has 0 amide bonds. The molecule has 0 saturated carbocycles. The Kier molecular flexibility index (Phi) is 5.49. The first-order chi connectivity index (χ1) is 13.5. The van der Waals surface area contributed by atoms with Crippen LogP contribution in [0.15, 0.2) is 54.7 Å². The summed E-state index contributed by atoms with van der Waals surface area (Å²) < 4.78 is 13.4. The van der Waals surface area contributed by atoms with E-state index in [9.17, 15) is 9.50 Å². The van der Waals surface area contributed by atoms with E-state index in [0.29, 0.717) is 24.3 Å². The van der Waals surface area contributed by atoms with Crippen LogP contribution in [0.2, 0.25) is 5.02 Å². The Balaban J connectivity index is 1.39. The molecule has 0 aliphatic carbocycles. The molecule has 4 rings (SSSR count). The first-order valence-corrected chi connectivity index (χ1v) is 9.86. The third-order valence-corrected chi connectivity index (χ3v) is 5.71. The smallest absolute Gasteiger partial charge is 0.123 e. The number of H-pyrrole nitrogens is 1. The first-order valence-electron chi connectivity index (χ1n) is 9.48. The molecule has 0 radical (unpaired) electrons. The Bertz CT molecular complexity index is 933. The van der Waals surface area contributed by atoms with E-state index >= 15 is 0 Å². The first kappa shape index (κ1) is 19.1. The molecule has 0 unspecified atom stereocenters. The van der Waals surface area contributed by atoms with Gasteiger partial charge in [-0.3, -0.25) is 10.00 Å². The van der Waals surface area contributed by atoms with Crippen LogP contribution in [-0.4, -0.2) is 38.9 Å². The lowest BCUT2D eigenvalue weighted by Gasteiger charge is -2.38. The Morgan fingerprint density at radius 1 is 1.14 bits per heavy atom. The van der Waals surface area contributed by atoms with Crippen LogP contribution in [0.25, 0.3) is 11.3 Å². The zero-order chi connectivity index (χ0) is 19.6. The van der Waals surface area contributed by atoms with Crippen molar-refractivity contribution < 1.29 is 9.50 Å². The highest BCUT2D eigenvalue weighted by Gasteiger charge is 2.32. The SMILES string of the molecule is OC1(Cc2cccc(F)c2)CCN(Cc2cn[nH]c2-c2ccc(Cl)cc2)CC1. The van der Waals surface area contributed by atoms with Gasteiger partial charge in [0, 0.05) is 36.6 Å². The predicted octanol–water partition coefficient (Wildman–Crippen LogP) is 4.44. The summed E-state index contributed by atoms with van der Waals surface area (Å²) in [5.41, 5.74) is 3.24. The van der Waals surface area contributed by atoms with Gasteiger partial charge in [0.25, 0.3) is 0 Å². The molecule has 1 fully saturated rings. The number of aliphatic hydroxyl groups is 1. The molecular weight excluding hydrogens is 377 g/mol. The van der Waals surface area contributed by atoms with Crippen LogP contribution >= 0.6 is 11.6 Å². The third kappa shape index (κ3) is 4.43. The van der Waals surface area contributed by atoms with E-state index in [-0.39, 0.29) is 5.82 Å². The fourth-order valence-corrected chi connectivity index (χ4v) is 4.00. The Morgan fingerprint density at radius 2 is 1.89 bits per heavy atom.